The van der Waals surface area contributed by atoms with Crippen LogP contribution in [-0.2, 0) is 6.54 Å². The van der Waals surface area contributed by atoms with Gasteiger partial charge >= 0.3 is 0 Å². The van der Waals surface area contributed by atoms with E-state index in [1.54, 1.807) is 0 Å². The van der Waals surface area contributed by atoms with Crippen LogP contribution in [0.25, 0.3) is 0 Å². The summed E-state index contributed by atoms with van der Waals surface area (Å²) in [5.74, 6) is 0. The number of hydrogen-bond acceptors (Lipinski definition) is 2. The minimum atomic E-state index is 0.770. The van der Waals surface area contributed by atoms with E-state index in [4.69, 9.17) is 5.73 Å². The molecule has 1 aliphatic rings. The summed E-state index contributed by atoms with van der Waals surface area (Å²) in [5, 5.41) is 0. The van der Waals surface area contributed by atoms with E-state index in [0.29, 0.717) is 0 Å². The molecular weight excluding hydrogens is 208 g/mol. The fourth-order valence-electron chi connectivity index (χ4n) is 2.73. The molecule has 2 N–H and O–H groups in total. The number of rotatable bonds is 3. The highest BCUT2D eigenvalue weighted by molar-refractivity contribution is 5.48. The Balaban J connectivity index is 1.96. The molecule has 0 heterocycles. The summed E-state index contributed by atoms with van der Waals surface area (Å²) in [6.45, 7) is 3.08. The second-order valence-electron chi connectivity index (χ2n) is 5.40. The molecule has 0 unspecified atom stereocenters. The monoisotopic (exact) mass is 232 g/mol. The molecule has 1 fully saturated rings. The Labute approximate surface area is 105 Å². The zero-order valence-corrected chi connectivity index (χ0v) is 11.1. The molecule has 2 heteroatoms. The Morgan fingerprint density at radius 1 is 1.24 bits per heavy atom. The molecule has 0 bridgehead atoms. The van der Waals surface area contributed by atoms with Gasteiger partial charge in [-0.05, 0) is 44.0 Å². The van der Waals surface area contributed by atoms with Crippen LogP contribution in [0.15, 0.2) is 18.2 Å². The molecule has 0 spiro atoms. The summed E-state index contributed by atoms with van der Waals surface area (Å²) >= 11 is 0. The predicted molar refractivity (Wildman–Crippen MR) is 73.9 cm³/mol. The van der Waals surface area contributed by atoms with E-state index >= 15 is 0 Å². The fourth-order valence-corrected chi connectivity index (χ4v) is 2.73. The lowest BCUT2D eigenvalue weighted by Gasteiger charge is -2.31. The number of nitrogens with zero attached hydrogens (tertiary/aromatic N) is 1. The second-order valence-corrected chi connectivity index (χ2v) is 5.40. The third kappa shape index (κ3) is 3.22. The zero-order chi connectivity index (χ0) is 12.3. The fraction of sp³-hybridized carbons (Fsp3) is 0.600. The molecule has 1 aromatic carbocycles. The highest BCUT2D eigenvalue weighted by Gasteiger charge is 2.17. The number of benzene rings is 1. The van der Waals surface area contributed by atoms with Gasteiger partial charge in [0, 0.05) is 18.3 Å². The van der Waals surface area contributed by atoms with Gasteiger partial charge in [0.05, 0.1) is 0 Å². The van der Waals surface area contributed by atoms with E-state index in [-0.39, 0.29) is 0 Å². The van der Waals surface area contributed by atoms with Crippen molar-refractivity contribution >= 4 is 5.69 Å². The Bertz CT molecular complexity index is 367. The highest BCUT2D eigenvalue weighted by atomic mass is 15.1. The van der Waals surface area contributed by atoms with Gasteiger partial charge in [-0.1, -0.05) is 31.4 Å². The molecular formula is C15H24N2. The van der Waals surface area contributed by atoms with Crippen LogP contribution in [0.5, 0.6) is 0 Å². The molecule has 0 aliphatic heterocycles. The average Bonchev–Trinajstić information content (AvgIpc) is 2.35. The Kier molecular flexibility index (Phi) is 4.06. The van der Waals surface area contributed by atoms with Crippen LogP contribution in [0.1, 0.15) is 43.2 Å². The lowest BCUT2D eigenvalue weighted by Crippen LogP contribution is -2.32. The average molecular weight is 232 g/mol. The molecule has 0 radical (unpaired) electrons. The van der Waals surface area contributed by atoms with Crippen molar-refractivity contribution in [1.82, 2.24) is 4.90 Å². The lowest BCUT2D eigenvalue weighted by atomic mass is 9.94. The lowest BCUT2D eigenvalue weighted by molar-refractivity contribution is 0.184. The van der Waals surface area contributed by atoms with Crippen LogP contribution < -0.4 is 5.73 Å². The minimum Gasteiger partial charge on any atom is -0.399 e. The number of aryl methyl sites for hydroxylation is 1. The molecule has 94 valence electrons. The maximum Gasteiger partial charge on any atom is 0.0346 e. The first-order valence-corrected chi connectivity index (χ1v) is 6.72. The quantitative estimate of drug-likeness (QED) is 0.810. The molecule has 0 saturated heterocycles. The molecule has 2 nitrogen and oxygen atoms in total. The van der Waals surface area contributed by atoms with Crippen molar-refractivity contribution in [2.75, 3.05) is 12.8 Å². The molecule has 1 aliphatic carbocycles. The van der Waals surface area contributed by atoms with Gasteiger partial charge in [0.2, 0.25) is 0 Å². The minimum absolute atomic E-state index is 0.770. The van der Waals surface area contributed by atoms with Crippen molar-refractivity contribution in [3.05, 3.63) is 29.3 Å². The molecule has 1 aromatic rings. The van der Waals surface area contributed by atoms with Gasteiger partial charge in [0.15, 0.2) is 0 Å². The second kappa shape index (κ2) is 5.54. The van der Waals surface area contributed by atoms with Crippen LogP contribution in [0.2, 0.25) is 0 Å². The van der Waals surface area contributed by atoms with Gasteiger partial charge in [-0.25, -0.2) is 0 Å². The summed E-state index contributed by atoms with van der Waals surface area (Å²) in [5.41, 5.74) is 9.38. The summed E-state index contributed by atoms with van der Waals surface area (Å²) < 4.78 is 0. The molecule has 0 atom stereocenters. The first kappa shape index (κ1) is 12.4. The SMILES string of the molecule is Cc1ccc(CN(C)C2CCCCC2)cc1N. The summed E-state index contributed by atoms with van der Waals surface area (Å²) in [6.07, 6.45) is 6.92. The first-order valence-electron chi connectivity index (χ1n) is 6.72. The number of nitrogen functional groups attached to an aromatic ring is 1. The van der Waals surface area contributed by atoms with Crippen LogP contribution in [0, 0.1) is 6.92 Å². The van der Waals surface area contributed by atoms with Gasteiger partial charge in [0.1, 0.15) is 0 Å². The number of anilines is 1. The van der Waals surface area contributed by atoms with E-state index < -0.39 is 0 Å². The largest absolute Gasteiger partial charge is 0.399 e. The smallest absolute Gasteiger partial charge is 0.0346 e. The third-order valence-electron chi connectivity index (χ3n) is 3.97. The van der Waals surface area contributed by atoms with E-state index in [1.165, 1.54) is 43.2 Å². The van der Waals surface area contributed by atoms with Gasteiger partial charge in [-0.15, -0.1) is 0 Å². The Hall–Kier alpha value is -1.02. The normalized spacial score (nSPS) is 17.6. The van der Waals surface area contributed by atoms with Gasteiger partial charge < -0.3 is 5.73 Å². The van der Waals surface area contributed by atoms with Crippen LogP contribution in [-0.4, -0.2) is 18.0 Å². The van der Waals surface area contributed by atoms with Crippen molar-refractivity contribution in [3.63, 3.8) is 0 Å². The van der Waals surface area contributed by atoms with E-state index in [1.807, 2.05) is 0 Å². The zero-order valence-electron chi connectivity index (χ0n) is 11.1. The van der Waals surface area contributed by atoms with E-state index in [9.17, 15) is 0 Å². The topological polar surface area (TPSA) is 29.3 Å². The Morgan fingerprint density at radius 3 is 2.59 bits per heavy atom. The maximum absolute atomic E-state index is 5.96. The molecule has 0 amide bonds. The van der Waals surface area contributed by atoms with Crippen LogP contribution >= 0.6 is 0 Å². The van der Waals surface area contributed by atoms with Gasteiger partial charge in [0.25, 0.3) is 0 Å². The van der Waals surface area contributed by atoms with Crippen molar-refractivity contribution in [1.29, 1.82) is 0 Å². The number of nitrogens with two attached hydrogens (primary N) is 1. The molecule has 17 heavy (non-hydrogen) atoms. The first-order chi connectivity index (χ1) is 8.16. The molecule has 0 aromatic heterocycles. The summed E-state index contributed by atoms with van der Waals surface area (Å²) in [7, 11) is 2.24. The van der Waals surface area contributed by atoms with Crippen molar-refractivity contribution in [3.8, 4) is 0 Å². The van der Waals surface area contributed by atoms with Gasteiger partial charge in [-0.2, -0.15) is 0 Å². The molecule has 2 rings (SSSR count). The van der Waals surface area contributed by atoms with Crippen molar-refractivity contribution in [2.45, 2.75) is 51.6 Å². The molecule has 1 saturated carbocycles. The highest BCUT2D eigenvalue weighted by Crippen LogP contribution is 2.23. The van der Waals surface area contributed by atoms with E-state index in [2.05, 4.69) is 37.1 Å². The maximum atomic E-state index is 5.96. The third-order valence-corrected chi connectivity index (χ3v) is 3.97. The van der Waals surface area contributed by atoms with Crippen LogP contribution in [0.3, 0.4) is 0 Å². The van der Waals surface area contributed by atoms with Gasteiger partial charge in [-0.3, -0.25) is 4.90 Å². The standard InChI is InChI=1S/C15H24N2/c1-12-8-9-13(10-15(12)16)11-17(2)14-6-4-3-5-7-14/h8-10,14H,3-7,11,16H2,1-2H3. The summed E-state index contributed by atoms with van der Waals surface area (Å²) in [6, 6.07) is 7.21. The van der Waals surface area contributed by atoms with E-state index in [0.717, 1.165) is 18.3 Å². The summed E-state index contributed by atoms with van der Waals surface area (Å²) in [4.78, 5) is 2.49. The van der Waals surface area contributed by atoms with Crippen molar-refractivity contribution in [2.24, 2.45) is 0 Å². The Morgan fingerprint density at radius 2 is 1.94 bits per heavy atom. The predicted octanol–water partition coefficient (Wildman–Crippen LogP) is 3.34. The number of hydrogen-bond donors (Lipinski definition) is 1. The van der Waals surface area contributed by atoms with Crippen molar-refractivity contribution < 1.29 is 0 Å². The van der Waals surface area contributed by atoms with Crippen LogP contribution in [0.4, 0.5) is 5.69 Å².